The Labute approximate surface area is 62.9 Å². The average molecular weight is 156 g/mol. The third-order valence-corrected chi connectivity index (χ3v) is 1.90. The molecule has 11 heavy (non-hydrogen) atoms. The molecule has 0 aromatic heterocycles. The molecule has 2 rings (SSSR count). The summed E-state index contributed by atoms with van der Waals surface area (Å²) >= 11 is 0. The van der Waals surface area contributed by atoms with E-state index in [-0.39, 0.29) is 24.4 Å². The summed E-state index contributed by atoms with van der Waals surface area (Å²) < 4.78 is 0. The van der Waals surface area contributed by atoms with Gasteiger partial charge in [-0.1, -0.05) is 0 Å². The molecule has 6 nitrogen and oxygen atoms in total. The fourth-order valence-corrected chi connectivity index (χ4v) is 1.28. The number of hydrogen-bond donors (Lipinski definition) is 3. The van der Waals surface area contributed by atoms with Gasteiger partial charge in [0, 0.05) is 7.05 Å². The standard InChI is InChI=1S/C5H8N4O2/c1-9-3-2(7-5(9)11)6-4(10)8-3/h2-3H,1H3,(H,7,11)(H2,6,8,10)/t2-,3+/m0/s1. The summed E-state index contributed by atoms with van der Waals surface area (Å²) in [5.74, 6) is 0. The number of rotatable bonds is 0. The number of carbonyl (C=O) groups is 2. The zero-order chi connectivity index (χ0) is 8.01. The molecule has 0 aromatic carbocycles. The molecule has 2 fully saturated rings. The first kappa shape index (κ1) is 6.26. The van der Waals surface area contributed by atoms with Crippen molar-refractivity contribution < 1.29 is 9.59 Å². The lowest BCUT2D eigenvalue weighted by Gasteiger charge is -2.14. The van der Waals surface area contributed by atoms with Crippen LogP contribution in [0.5, 0.6) is 0 Å². The number of hydrogen-bond acceptors (Lipinski definition) is 2. The van der Waals surface area contributed by atoms with Crippen LogP contribution >= 0.6 is 0 Å². The molecular weight excluding hydrogens is 148 g/mol. The SMILES string of the molecule is CN1C(=O)N[C@@H]2NC(=O)N[C@@H]21. The van der Waals surface area contributed by atoms with E-state index in [4.69, 9.17) is 0 Å². The van der Waals surface area contributed by atoms with Crippen LogP contribution < -0.4 is 16.0 Å². The highest BCUT2D eigenvalue weighted by molar-refractivity contribution is 5.84. The van der Waals surface area contributed by atoms with Crippen LogP contribution in [0.3, 0.4) is 0 Å². The quantitative estimate of drug-likeness (QED) is 0.404. The predicted molar refractivity (Wildman–Crippen MR) is 35.5 cm³/mol. The molecule has 0 aromatic rings. The molecule has 0 bridgehead atoms. The first-order valence-corrected chi connectivity index (χ1v) is 3.29. The van der Waals surface area contributed by atoms with Crippen molar-refractivity contribution in [2.45, 2.75) is 12.3 Å². The van der Waals surface area contributed by atoms with E-state index in [1.165, 1.54) is 4.90 Å². The van der Waals surface area contributed by atoms with Gasteiger partial charge in [-0.15, -0.1) is 0 Å². The molecule has 2 aliphatic rings. The minimum atomic E-state index is -0.278. The van der Waals surface area contributed by atoms with Crippen LogP contribution in [-0.2, 0) is 0 Å². The van der Waals surface area contributed by atoms with Crippen molar-refractivity contribution in [3.8, 4) is 0 Å². The molecule has 0 unspecified atom stereocenters. The van der Waals surface area contributed by atoms with Gasteiger partial charge in [0.25, 0.3) is 0 Å². The lowest BCUT2D eigenvalue weighted by molar-refractivity contribution is 0.210. The van der Waals surface area contributed by atoms with E-state index in [9.17, 15) is 9.59 Å². The Morgan fingerprint density at radius 3 is 2.64 bits per heavy atom. The van der Waals surface area contributed by atoms with Gasteiger partial charge in [0.15, 0.2) is 0 Å². The van der Waals surface area contributed by atoms with E-state index in [0.717, 1.165) is 0 Å². The molecule has 2 saturated heterocycles. The van der Waals surface area contributed by atoms with Gasteiger partial charge in [-0.05, 0) is 0 Å². The zero-order valence-electron chi connectivity index (χ0n) is 5.92. The Hall–Kier alpha value is -1.46. The predicted octanol–water partition coefficient (Wildman–Crippen LogP) is -1.39. The van der Waals surface area contributed by atoms with Crippen LogP contribution in [0.25, 0.3) is 0 Å². The van der Waals surface area contributed by atoms with Gasteiger partial charge in [-0.3, -0.25) is 0 Å². The third-order valence-electron chi connectivity index (χ3n) is 1.90. The Bertz CT molecular complexity index is 229. The number of nitrogens with one attached hydrogen (secondary N) is 3. The number of urea groups is 2. The van der Waals surface area contributed by atoms with Crippen molar-refractivity contribution in [3.63, 3.8) is 0 Å². The summed E-state index contributed by atoms with van der Waals surface area (Å²) in [4.78, 5) is 23.1. The molecule has 0 radical (unpaired) electrons. The van der Waals surface area contributed by atoms with Gasteiger partial charge in [-0.2, -0.15) is 0 Å². The highest BCUT2D eigenvalue weighted by Gasteiger charge is 2.43. The van der Waals surface area contributed by atoms with Crippen molar-refractivity contribution in [3.05, 3.63) is 0 Å². The molecule has 0 saturated carbocycles. The molecular formula is C5H8N4O2. The number of carbonyl (C=O) groups excluding carboxylic acids is 2. The maximum atomic E-state index is 10.9. The number of fused-ring (bicyclic) bond motifs is 1. The van der Waals surface area contributed by atoms with Gasteiger partial charge >= 0.3 is 12.1 Å². The Balaban J connectivity index is 2.19. The van der Waals surface area contributed by atoms with Gasteiger partial charge < -0.3 is 20.9 Å². The average Bonchev–Trinajstić information content (AvgIpc) is 2.37. The summed E-state index contributed by atoms with van der Waals surface area (Å²) in [5.41, 5.74) is 0. The molecule has 3 N–H and O–H groups in total. The Kier molecular flexibility index (Phi) is 1.01. The lowest BCUT2D eigenvalue weighted by Crippen LogP contribution is -2.40. The molecule has 0 aliphatic carbocycles. The minimum Gasteiger partial charge on any atom is -0.314 e. The van der Waals surface area contributed by atoms with E-state index in [0.29, 0.717) is 0 Å². The van der Waals surface area contributed by atoms with Crippen LogP contribution in [-0.4, -0.2) is 36.3 Å². The van der Waals surface area contributed by atoms with Crippen LogP contribution in [0.15, 0.2) is 0 Å². The molecule has 0 spiro atoms. The Morgan fingerprint density at radius 1 is 1.27 bits per heavy atom. The number of nitrogens with zero attached hydrogens (tertiary/aromatic N) is 1. The lowest BCUT2D eigenvalue weighted by atomic mass is 10.4. The third kappa shape index (κ3) is 0.719. The molecule has 6 heteroatoms. The van der Waals surface area contributed by atoms with Crippen molar-refractivity contribution in [2.24, 2.45) is 0 Å². The van der Waals surface area contributed by atoms with Gasteiger partial charge in [0.1, 0.15) is 12.3 Å². The summed E-state index contributed by atoms with van der Waals surface area (Å²) in [6.45, 7) is 0. The minimum absolute atomic E-state index is 0.174. The van der Waals surface area contributed by atoms with Crippen molar-refractivity contribution in [1.29, 1.82) is 0 Å². The van der Waals surface area contributed by atoms with Crippen LogP contribution in [0.2, 0.25) is 0 Å². The highest BCUT2D eigenvalue weighted by Crippen LogP contribution is 2.10. The fourth-order valence-electron chi connectivity index (χ4n) is 1.28. The smallest absolute Gasteiger partial charge is 0.314 e. The largest absolute Gasteiger partial charge is 0.320 e. The van der Waals surface area contributed by atoms with E-state index in [1.54, 1.807) is 7.05 Å². The van der Waals surface area contributed by atoms with Crippen LogP contribution in [0.1, 0.15) is 0 Å². The zero-order valence-corrected chi connectivity index (χ0v) is 5.92. The van der Waals surface area contributed by atoms with Crippen molar-refractivity contribution >= 4 is 12.1 Å². The summed E-state index contributed by atoms with van der Waals surface area (Å²) in [5, 5.41) is 7.73. The van der Waals surface area contributed by atoms with Crippen LogP contribution in [0.4, 0.5) is 9.59 Å². The second kappa shape index (κ2) is 1.77. The Morgan fingerprint density at radius 2 is 2.00 bits per heavy atom. The topological polar surface area (TPSA) is 73.5 Å². The second-order valence-electron chi connectivity index (χ2n) is 2.60. The molecule has 2 aliphatic heterocycles. The molecule has 60 valence electrons. The molecule has 2 atom stereocenters. The van der Waals surface area contributed by atoms with Crippen molar-refractivity contribution in [2.75, 3.05) is 7.05 Å². The van der Waals surface area contributed by atoms with Gasteiger partial charge in [0.05, 0.1) is 0 Å². The first-order valence-electron chi connectivity index (χ1n) is 3.29. The normalized spacial score (nSPS) is 34.5. The maximum absolute atomic E-state index is 10.9. The fraction of sp³-hybridized carbons (Fsp3) is 0.600. The molecule has 2 heterocycles. The van der Waals surface area contributed by atoms with Gasteiger partial charge in [-0.25, -0.2) is 9.59 Å². The highest BCUT2D eigenvalue weighted by atomic mass is 16.2. The number of likely N-dealkylation sites (N-methyl/N-ethyl adjacent to an activating group) is 1. The summed E-state index contributed by atoms with van der Waals surface area (Å²) in [7, 11) is 1.63. The first-order chi connectivity index (χ1) is 5.18. The van der Waals surface area contributed by atoms with E-state index < -0.39 is 0 Å². The number of amides is 4. The van der Waals surface area contributed by atoms with Gasteiger partial charge in [0.2, 0.25) is 0 Å². The van der Waals surface area contributed by atoms with E-state index in [2.05, 4.69) is 16.0 Å². The van der Waals surface area contributed by atoms with Crippen molar-refractivity contribution in [1.82, 2.24) is 20.9 Å². The van der Waals surface area contributed by atoms with E-state index >= 15 is 0 Å². The summed E-state index contributed by atoms with van der Waals surface area (Å²) in [6.07, 6.45) is -0.519. The summed E-state index contributed by atoms with van der Waals surface area (Å²) in [6, 6.07) is -0.417. The van der Waals surface area contributed by atoms with Crippen LogP contribution in [0, 0.1) is 0 Å². The maximum Gasteiger partial charge on any atom is 0.320 e. The monoisotopic (exact) mass is 156 g/mol. The second-order valence-corrected chi connectivity index (χ2v) is 2.60. The molecule has 4 amide bonds. The van der Waals surface area contributed by atoms with E-state index in [1.807, 2.05) is 0 Å².